The summed E-state index contributed by atoms with van der Waals surface area (Å²) < 4.78 is 32.5. The van der Waals surface area contributed by atoms with Crippen molar-refractivity contribution in [3.05, 3.63) is 99.2 Å². The first kappa shape index (κ1) is 25.4. The fourth-order valence-corrected chi connectivity index (χ4v) is 4.55. The minimum atomic E-state index is -1.14. The number of aliphatic hydroxyl groups is 1. The normalized spacial score (nSPS) is 16.2. The zero-order valence-electron chi connectivity index (χ0n) is 21.1. The molecule has 9 heteroatoms. The van der Waals surface area contributed by atoms with Crippen LogP contribution in [0.15, 0.2) is 65.6 Å². The summed E-state index contributed by atoms with van der Waals surface area (Å²) in [7, 11) is 0. The fraction of sp³-hybridized carbons (Fsp3) is 0.276. The van der Waals surface area contributed by atoms with Crippen molar-refractivity contribution in [3.63, 3.8) is 0 Å². The number of hydrogen-bond acceptors (Lipinski definition) is 7. The van der Waals surface area contributed by atoms with Gasteiger partial charge in [-0.2, -0.15) is 0 Å². The lowest BCUT2D eigenvalue weighted by Crippen LogP contribution is -2.47. The van der Waals surface area contributed by atoms with Crippen molar-refractivity contribution in [2.75, 3.05) is 13.2 Å². The van der Waals surface area contributed by atoms with Crippen molar-refractivity contribution < 1.29 is 28.5 Å². The Hall–Kier alpha value is -4.24. The van der Waals surface area contributed by atoms with Crippen LogP contribution in [0.2, 0.25) is 0 Å². The van der Waals surface area contributed by atoms with E-state index >= 15 is 0 Å². The summed E-state index contributed by atoms with van der Waals surface area (Å²) in [5.41, 5.74) is 0.880. The Morgan fingerprint density at radius 3 is 2.58 bits per heavy atom. The number of aliphatic hydroxyl groups excluding tert-OH is 1. The summed E-state index contributed by atoms with van der Waals surface area (Å²) in [6.45, 7) is 3.11. The van der Waals surface area contributed by atoms with Crippen molar-refractivity contribution in [2.24, 2.45) is 0 Å². The number of nitrogens with zero attached hydrogens (tertiary/aromatic N) is 2. The number of ether oxygens (including phenoxy) is 3. The van der Waals surface area contributed by atoms with E-state index < -0.39 is 17.1 Å². The van der Waals surface area contributed by atoms with Crippen LogP contribution in [-0.4, -0.2) is 39.4 Å². The van der Waals surface area contributed by atoms with E-state index in [-0.39, 0.29) is 49.0 Å². The molecule has 1 N–H and O–H groups in total. The van der Waals surface area contributed by atoms with Gasteiger partial charge >= 0.3 is 5.97 Å². The van der Waals surface area contributed by atoms with Gasteiger partial charge in [0, 0.05) is 18.2 Å². The molecule has 0 radical (unpaired) electrons. The van der Waals surface area contributed by atoms with E-state index in [1.807, 2.05) is 30.3 Å². The molecule has 1 atom stereocenters. The lowest BCUT2D eigenvalue weighted by atomic mass is 10.00. The molecule has 0 spiro atoms. The van der Waals surface area contributed by atoms with E-state index in [1.165, 1.54) is 16.7 Å². The fourth-order valence-electron chi connectivity index (χ4n) is 4.55. The van der Waals surface area contributed by atoms with Gasteiger partial charge in [0.25, 0.3) is 5.56 Å². The van der Waals surface area contributed by atoms with Gasteiger partial charge in [0.05, 0.1) is 19.8 Å². The number of halogens is 1. The molecule has 8 nitrogen and oxygen atoms in total. The number of aromatic nitrogens is 2. The van der Waals surface area contributed by atoms with Gasteiger partial charge in [-0.15, -0.1) is 0 Å². The van der Waals surface area contributed by atoms with Crippen molar-refractivity contribution in [1.29, 1.82) is 0 Å². The Balaban J connectivity index is 1.73. The van der Waals surface area contributed by atoms with Gasteiger partial charge in [-0.3, -0.25) is 14.3 Å². The van der Waals surface area contributed by atoms with Crippen molar-refractivity contribution in [2.45, 2.75) is 39.0 Å². The predicted molar refractivity (Wildman–Crippen MR) is 138 cm³/mol. The number of hydrogen-bond donors (Lipinski definition) is 1. The molecule has 0 fully saturated rings. The average molecular weight is 519 g/mol. The Morgan fingerprint density at radius 1 is 1.16 bits per heavy atom. The highest BCUT2D eigenvalue weighted by atomic mass is 19.1. The highest BCUT2D eigenvalue weighted by Gasteiger charge is 2.38. The van der Waals surface area contributed by atoms with Crippen LogP contribution in [-0.2, 0) is 24.3 Å². The Kier molecular flexibility index (Phi) is 6.86. The molecule has 0 saturated heterocycles. The maximum Gasteiger partial charge on any atom is 0.347 e. The van der Waals surface area contributed by atoms with Crippen LogP contribution in [0.5, 0.6) is 11.5 Å². The monoisotopic (exact) mass is 518 g/mol. The molecule has 2 aromatic heterocycles. The van der Waals surface area contributed by atoms with Crippen molar-refractivity contribution in [3.8, 4) is 11.5 Å². The smallest absolute Gasteiger partial charge is 0.347 e. The van der Waals surface area contributed by atoms with Crippen LogP contribution in [0.3, 0.4) is 0 Å². The van der Waals surface area contributed by atoms with Crippen LogP contribution in [0.4, 0.5) is 4.39 Å². The van der Waals surface area contributed by atoms with E-state index in [4.69, 9.17) is 14.2 Å². The SMILES string of the molecule is CCOC(=O)c1c(OCc2ccccc2)c2ncc(Cc3ccc(F)cc3)c3c2n(c1=O)C[C@@](C)(CO)O3. The van der Waals surface area contributed by atoms with Crippen molar-refractivity contribution in [1.82, 2.24) is 9.55 Å². The summed E-state index contributed by atoms with van der Waals surface area (Å²) in [6, 6.07) is 15.4. The third-order valence-electron chi connectivity index (χ3n) is 6.44. The second-order valence-electron chi connectivity index (χ2n) is 9.41. The standard InChI is InChI=1S/C29H27FN2O6/c1-3-36-28(35)22-26(37-15-19-7-5-4-6-8-19)23-24-25(38-29(2,17-33)16-32(24)27(22)34)20(14-31-23)13-18-9-11-21(30)12-10-18/h4-12,14,33H,3,13,15-17H2,1-2H3/t29-/m0/s1. The van der Waals surface area contributed by atoms with E-state index in [0.29, 0.717) is 23.3 Å². The highest BCUT2D eigenvalue weighted by molar-refractivity contribution is 6.00. The highest BCUT2D eigenvalue weighted by Crippen LogP contribution is 2.40. The molecule has 0 aliphatic carbocycles. The van der Waals surface area contributed by atoms with Crippen LogP contribution in [0.25, 0.3) is 11.0 Å². The molecule has 0 saturated carbocycles. The summed E-state index contributed by atoms with van der Waals surface area (Å²) in [4.78, 5) is 31.5. The zero-order valence-corrected chi connectivity index (χ0v) is 21.1. The Morgan fingerprint density at radius 2 is 1.89 bits per heavy atom. The molecule has 0 unspecified atom stereocenters. The van der Waals surface area contributed by atoms with Crippen molar-refractivity contribution >= 4 is 17.0 Å². The second kappa shape index (κ2) is 10.3. The topological polar surface area (TPSA) is 99.9 Å². The maximum atomic E-state index is 13.8. The van der Waals surface area contributed by atoms with E-state index in [9.17, 15) is 19.1 Å². The van der Waals surface area contributed by atoms with E-state index in [1.54, 1.807) is 32.2 Å². The van der Waals surface area contributed by atoms with Gasteiger partial charge < -0.3 is 19.3 Å². The molecule has 1 aliphatic rings. The molecule has 0 bridgehead atoms. The van der Waals surface area contributed by atoms with Gasteiger partial charge in [0.2, 0.25) is 0 Å². The number of carbonyl (C=O) groups excluding carboxylic acids is 1. The van der Waals surface area contributed by atoms with E-state index in [2.05, 4.69) is 4.98 Å². The van der Waals surface area contributed by atoms with Gasteiger partial charge in [-0.1, -0.05) is 42.5 Å². The minimum absolute atomic E-state index is 0.00865. The third-order valence-corrected chi connectivity index (χ3v) is 6.44. The lowest BCUT2D eigenvalue weighted by molar-refractivity contribution is 0.00338. The number of pyridine rings is 2. The summed E-state index contributed by atoms with van der Waals surface area (Å²) in [6.07, 6.45) is 1.93. The molecular weight excluding hydrogens is 491 g/mol. The molecule has 0 amide bonds. The molecule has 196 valence electrons. The third kappa shape index (κ3) is 4.72. The lowest BCUT2D eigenvalue weighted by Gasteiger charge is -2.36. The maximum absolute atomic E-state index is 13.8. The molecule has 5 rings (SSSR count). The second-order valence-corrected chi connectivity index (χ2v) is 9.41. The van der Waals surface area contributed by atoms with Crippen LogP contribution < -0.4 is 15.0 Å². The first-order chi connectivity index (χ1) is 18.3. The molecule has 38 heavy (non-hydrogen) atoms. The number of carbonyl (C=O) groups is 1. The molecule has 2 aromatic carbocycles. The first-order valence-corrected chi connectivity index (χ1v) is 12.3. The van der Waals surface area contributed by atoms with Gasteiger partial charge in [0.15, 0.2) is 17.1 Å². The summed E-state index contributed by atoms with van der Waals surface area (Å²) >= 11 is 0. The first-order valence-electron chi connectivity index (χ1n) is 12.3. The van der Waals surface area contributed by atoms with Crippen LogP contribution in [0, 0.1) is 5.82 Å². The van der Waals surface area contributed by atoms with E-state index in [0.717, 1.165) is 11.1 Å². The van der Waals surface area contributed by atoms with Gasteiger partial charge in [0.1, 0.15) is 29.1 Å². The van der Waals surface area contributed by atoms with Gasteiger partial charge in [-0.05, 0) is 37.1 Å². The Labute approximate surface area is 218 Å². The quantitative estimate of drug-likeness (QED) is 0.352. The van der Waals surface area contributed by atoms with Crippen LogP contribution in [0.1, 0.15) is 40.9 Å². The average Bonchev–Trinajstić information content (AvgIpc) is 2.92. The number of esters is 1. The molecule has 1 aliphatic heterocycles. The number of benzene rings is 2. The zero-order chi connectivity index (χ0) is 26.9. The minimum Gasteiger partial charge on any atom is -0.485 e. The largest absolute Gasteiger partial charge is 0.485 e. The molecule has 3 heterocycles. The molecular formula is C29H27FN2O6. The van der Waals surface area contributed by atoms with Crippen LogP contribution >= 0.6 is 0 Å². The molecule has 4 aromatic rings. The summed E-state index contributed by atoms with van der Waals surface area (Å²) in [5, 5.41) is 10.1. The predicted octanol–water partition coefficient (Wildman–Crippen LogP) is 4.03. The Bertz CT molecular complexity index is 1550. The number of rotatable bonds is 8. The van der Waals surface area contributed by atoms with Gasteiger partial charge in [-0.25, -0.2) is 9.18 Å². The summed E-state index contributed by atoms with van der Waals surface area (Å²) in [5.74, 6) is -0.813.